The van der Waals surface area contributed by atoms with Gasteiger partial charge in [-0.25, -0.2) is 4.39 Å². The molecule has 21 heavy (non-hydrogen) atoms. The van der Waals surface area contributed by atoms with Crippen molar-refractivity contribution in [2.45, 2.75) is 19.1 Å². The summed E-state index contributed by atoms with van der Waals surface area (Å²) in [5.41, 5.74) is 0.683. The van der Waals surface area contributed by atoms with Crippen LogP contribution in [0.3, 0.4) is 0 Å². The second-order valence-electron chi connectivity index (χ2n) is 4.75. The number of hydrogen-bond donors (Lipinski definition) is 1. The summed E-state index contributed by atoms with van der Waals surface area (Å²) in [6, 6.07) is 4.35. The van der Waals surface area contributed by atoms with E-state index in [1.165, 1.54) is 6.07 Å². The van der Waals surface area contributed by atoms with Gasteiger partial charge in [0.15, 0.2) is 0 Å². The lowest BCUT2D eigenvalue weighted by Gasteiger charge is -2.19. The molecular formula is C15H14F4N2. The molecule has 0 bridgehead atoms. The van der Waals surface area contributed by atoms with Crippen LogP contribution in [0.15, 0.2) is 36.7 Å². The molecule has 0 aliphatic heterocycles. The maximum absolute atomic E-state index is 13.3. The van der Waals surface area contributed by atoms with Crippen LogP contribution in [0.1, 0.15) is 28.3 Å². The van der Waals surface area contributed by atoms with E-state index in [2.05, 4.69) is 10.3 Å². The Hall–Kier alpha value is -1.95. The minimum Gasteiger partial charge on any atom is -0.309 e. The third kappa shape index (κ3) is 3.39. The number of nitrogens with one attached hydrogen (secondary N) is 1. The van der Waals surface area contributed by atoms with Crippen LogP contribution in [0.2, 0.25) is 0 Å². The first-order valence-corrected chi connectivity index (χ1v) is 6.28. The highest BCUT2D eigenvalue weighted by Gasteiger charge is 2.34. The van der Waals surface area contributed by atoms with Crippen molar-refractivity contribution in [2.75, 3.05) is 7.05 Å². The first-order chi connectivity index (χ1) is 9.82. The van der Waals surface area contributed by atoms with Gasteiger partial charge in [0.25, 0.3) is 0 Å². The molecule has 6 heteroatoms. The number of aromatic nitrogens is 1. The molecule has 1 aromatic carbocycles. The maximum Gasteiger partial charge on any atom is 0.419 e. The van der Waals surface area contributed by atoms with E-state index in [9.17, 15) is 17.6 Å². The average Bonchev–Trinajstić information content (AvgIpc) is 2.40. The molecule has 2 nitrogen and oxygen atoms in total. The highest BCUT2D eigenvalue weighted by atomic mass is 19.4. The van der Waals surface area contributed by atoms with Gasteiger partial charge in [0.2, 0.25) is 0 Å². The number of hydrogen-bond acceptors (Lipinski definition) is 2. The minimum absolute atomic E-state index is 0.332. The highest BCUT2D eigenvalue weighted by molar-refractivity contribution is 5.35. The van der Waals surface area contributed by atoms with E-state index in [0.717, 1.165) is 23.3 Å². The zero-order valence-electron chi connectivity index (χ0n) is 11.5. The molecule has 0 radical (unpaired) electrons. The van der Waals surface area contributed by atoms with Crippen LogP contribution >= 0.6 is 0 Å². The van der Waals surface area contributed by atoms with Crippen molar-refractivity contribution in [1.29, 1.82) is 0 Å². The van der Waals surface area contributed by atoms with Gasteiger partial charge < -0.3 is 5.32 Å². The lowest BCUT2D eigenvalue weighted by Crippen LogP contribution is -2.19. The van der Waals surface area contributed by atoms with Gasteiger partial charge in [-0.3, -0.25) is 4.98 Å². The second kappa shape index (κ2) is 5.81. The summed E-state index contributed by atoms with van der Waals surface area (Å²) in [6.07, 6.45) is -1.49. The zero-order valence-corrected chi connectivity index (χ0v) is 11.5. The molecule has 0 fully saturated rings. The molecule has 1 unspecified atom stereocenters. The van der Waals surface area contributed by atoms with Crippen molar-refractivity contribution in [3.63, 3.8) is 0 Å². The fraction of sp³-hybridized carbons (Fsp3) is 0.267. The van der Waals surface area contributed by atoms with Gasteiger partial charge in [0.05, 0.1) is 11.6 Å². The van der Waals surface area contributed by atoms with E-state index < -0.39 is 23.6 Å². The SMILES string of the molecule is CNC(c1cncc(C)c1)c1ccc(F)c(C(F)(F)F)c1. The molecule has 0 aliphatic carbocycles. The highest BCUT2D eigenvalue weighted by Crippen LogP contribution is 2.34. The molecule has 1 N–H and O–H groups in total. The summed E-state index contributed by atoms with van der Waals surface area (Å²) < 4.78 is 51.7. The average molecular weight is 298 g/mol. The van der Waals surface area contributed by atoms with Gasteiger partial charge >= 0.3 is 6.18 Å². The zero-order chi connectivity index (χ0) is 15.6. The van der Waals surface area contributed by atoms with Crippen molar-refractivity contribution in [2.24, 2.45) is 0 Å². The van der Waals surface area contributed by atoms with Gasteiger partial charge in [-0.15, -0.1) is 0 Å². The third-order valence-corrected chi connectivity index (χ3v) is 3.15. The maximum atomic E-state index is 13.3. The Kier molecular flexibility index (Phi) is 4.27. The Morgan fingerprint density at radius 1 is 1.10 bits per heavy atom. The van der Waals surface area contributed by atoms with Crippen LogP contribution in [0.25, 0.3) is 0 Å². The Morgan fingerprint density at radius 2 is 1.81 bits per heavy atom. The monoisotopic (exact) mass is 298 g/mol. The lowest BCUT2D eigenvalue weighted by molar-refractivity contribution is -0.140. The molecule has 0 spiro atoms. The van der Waals surface area contributed by atoms with Crippen molar-refractivity contribution in [3.05, 3.63) is 64.7 Å². The number of rotatable bonds is 3. The largest absolute Gasteiger partial charge is 0.419 e. The minimum atomic E-state index is -4.72. The standard InChI is InChI=1S/C15H14F4N2/c1-9-5-11(8-21-7-9)14(20-2)10-3-4-13(16)12(6-10)15(17,18)19/h3-8,14,20H,1-2H3. The number of benzene rings is 1. The van der Waals surface area contributed by atoms with Gasteiger partial charge in [-0.2, -0.15) is 13.2 Å². The summed E-state index contributed by atoms with van der Waals surface area (Å²) in [5, 5.41) is 2.93. The quantitative estimate of drug-likeness (QED) is 0.870. The van der Waals surface area contributed by atoms with E-state index in [0.29, 0.717) is 5.56 Å². The smallest absolute Gasteiger partial charge is 0.309 e. The molecule has 2 rings (SSSR count). The molecule has 0 saturated heterocycles. The van der Waals surface area contributed by atoms with Crippen LogP contribution in [0, 0.1) is 12.7 Å². The first-order valence-electron chi connectivity index (χ1n) is 6.28. The van der Waals surface area contributed by atoms with Gasteiger partial charge in [0.1, 0.15) is 5.82 Å². The number of alkyl halides is 3. The number of halogens is 4. The van der Waals surface area contributed by atoms with Crippen molar-refractivity contribution in [1.82, 2.24) is 10.3 Å². The lowest BCUT2D eigenvalue weighted by atomic mass is 9.97. The molecular weight excluding hydrogens is 284 g/mol. The topological polar surface area (TPSA) is 24.9 Å². The van der Waals surface area contributed by atoms with Gasteiger partial charge in [-0.05, 0) is 42.8 Å². The van der Waals surface area contributed by atoms with Gasteiger partial charge in [0, 0.05) is 12.4 Å². The van der Waals surface area contributed by atoms with E-state index in [1.807, 2.05) is 13.0 Å². The number of aryl methyl sites for hydroxylation is 1. The summed E-state index contributed by atoms with van der Waals surface area (Å²) >= 11 is 0. The van der Waals surface area contributed by atoms with E-state index in [1.54, 1.807) is 19.4 Å². The van der Waals surface area contributed by atoms with Crippen molar-refractivity contribution >= 4 is 0 Å². The second-order valence-corrected chi connectivity index (χ2v) is 4.75. The molecule has 112 valence electrons. The van der Waals surface area contributed by atoms with Crippen LogP contribution in [-0.2, 0) is 6.18 Å². The number of pyridine rings is 1. The summed E-state index contributed by atoms with van der Waals surface area (Å²) in [7, 11) is 1.63. The fourth-order valence-electron chi connectivity index (χ4n) is 2.20. The van der Waals surface area contributed by atoms with E-state index in [-0.39, 0.29) is 0 Å². The Morgan fingerprint density at radius 3 is 2.38 bits per heavy atom. The van der Waals surface area contributed by atoms with Crippen LogP contribution in [0.5, 0.6) is 0 Å². The van der Waals surface area contributed by atoms with Gasteiger partial charge in [-0.1, -0.05) is 12.1 Å². The number of nitrogens with zero attached hydrogens (tertiary/aromatic N) is 1. The van der Waals surface area contributed by atoms with Crippen molar-refractivity contribution in [3.8, 4) is 0 Å². The Labute approximate surface area is 119 Å². The third-order valence-electron chi connectivity index (χ3n) is 3.15. The van der Waals surface area contributed by atoms with Crippen LogP contribution in [0.4, 0.5) is 17.6 Å². The van der Waals surface area contributed by atoms with E-state index in [4.69, 9.17) is 0 Å². The molecule has 0 saturated carbocycles. The Bertz CT molecular complexity index is 638. The van der Waals surface area contributed by atoms with Crippen LogP contribution in [-0.4, -0.2) is 12.0 Å². The molecule has 1 aromatic heterocycles. The molecule has 1 atom stereocenters. The first kappa shape index (κ1) is 15.4. The summed E-state index contributed by atoms with van der Waals surface area (Å²) in [4.78, 5) is 4.03. The molecule has 2 aromatic rings. The van der Waals surface area contributed by atoms with E-state index >= 15 is 0 Å². The molecule has 1 heterocycles. The summed E-state index contributed by atoms with van der Waals surface area (Å²) in [5.74, 6) is -1.27. The van der Waals surface area contributed by atoms with Crippen molar-refractivity contribution < 1.29 is 17.6 Å². The normalized spacial score (nSPS) is 13.2. The molecule has 0 aliphatic rings. The summed E-state index contributed by atoms with van der Waals surface area (Å²) in [6.45, 7) is 1.84. The predicted octanol–water partition coefficient (Wildman–Crippen LogP) is 3.86. The van der Waals surface area contributed by atoms with Crippen LogP contribution < -0.4 is 5.32 Å². The Balaban J connectivity index is 2.49. The fourth-order valence-corrected chi connectivity index (χ4v) is 2.20. The predicted molar refractivity (Wildman–Crippen MR) is 71.3 cm³/mol. The molecule has 0 amide bonds.